The molecule has 4 heteroatoms. The summed E-state index contributed by atoms with van der Waals surface area (Å²) in [5.74, 6) is 0. The van der Waals surface area contributed by atoms with E-state index in [1.807, 2.05) is 0 Å². The fourth-order valence-corrected chi connectivity index (χ4v) is 3.28. The van der Waals surface area contributed by atoms with Crippen LogP contribution in [0.5, 0.6) is 0 Å². The molecule has 0 radical (unpaired) electrons. The van der Waals surface area contributed by atoms with Crippen molar-refractivity contribution in [2.75, 3.05) is 0 Å². The van der Waals surface area contributed by atoms with Crippen molar-refractivity contribution in [1.29, 1.82) is 0 Å². The van der Waals surface area contributed by atoms with Crippen LogP contribution in [0.4, 0.5) is 0 Å². The predicted molar refractivity (Wildman–Crippen MR) is 101 cm³/mol. The first-order chi connectivity index (χ1) is 12.2. The summed E-state index contributed by atoms with van der Waals surface area (Å²) in [6.45, 7) is 2.12. The van der Waals surface area contributed by atoms with Crippen LogP contribution < -0.4 is 21.4 Å². The van der Waals surface area contributed by atoms with Crippen molar-refractivity contribution < 1.29 is 0 Å². The first kappa shape index (κ1) is 14.0. The van der Waals surface area contributed by atoms with Crippen molar-refractivity contribution in [3.63, 3.8) is 0 Å². The molecule has 25 heavy (non-hydrogen) atoms. The van der Waals surface area contributed by atoms with Crippen LogP contribution in [-0.2, 0) is 0 Å². The maximum atomic E-state index is 3.48. The third-order valence-corrected chi connectivity index (χ3v) is 4.50. The lowest BCUT2D eigenvalue weighted by atomic mass is 10.3. The number of aryl methyl sites for hydroxylation is 1. The summed E-state index contributed by atoms with van der Waals surface area (Å²) >= 11 is 0. The maximum absolute atomic E-state index is 3.48. The molecule has 0 amide bonds. The van der Waals surface area contributed by atoms with Crippen molar-refractivity contribution >= 4 is 24.3 Å². The largest absolute Gasteiger partial charge is 0.355 e. The number of aromatic nitrogens is 4. The molecule has 122 valence electrons. The Hall–Kier alpha value is -3.40. The molecular weight excluding hydrogens is 308 g/mol. The second kappa shape index (κ2) is 5.31. The molecule has 0 saturated heterocycles. The van der Waals surface area contributed by atoms with Crippen LogP contribution in [0.25, 0.3) is 24.3 Å². The van der Waals surface area contributed by atoms with Gasteiger partial charge in [-0.3, -0.25) is 0 Å². The molecule has 4 N–H and O–H groups in total. The standard InChI is InChI=1S/C21H18N4/c1-13-8-20-11-18-5-4-16(23-18)9-14-2-3-15(22-14)10-17-6-7-19(24-17)12-21(13)25-20/h2-12,22-25H,1H3. The van der Waals surface area contributed by atoms with E-state index in [4.69, 9.17) is 0 Å². The predicted octanol–water partition coefficient (Wildman–Crippen LogP) is 0.936. The quantitative estimate of drug-likeness (QED) is 0.327. The van der Waals surface area contributed by atoms with Gasteiger partial charge < -0.3 is 19.9 Å². The number of fused-ring (bicyclic) bond motifs is 8. The SMILES string of the molecule is Cc1cc2[nH]c1=Cc1ccc([nH]1)C=c1ccc([nH]1)=Cc1ccc([nH]1)C=2. The Balaban J connectivity index is 1.81. The van der Waals surface area contributed by atoms with Crippen LogP contribution >= 0.6 is 0 Å². The number of H-pyrrole nitrogens is 4. The van der Waals surface area contributed by atoms with Gasteiger partial charge in [-0.25, -0.2) is 0 Å². The molecule has 1 aliphatic heterocycles. The summed E-state index contributed by atoms with van der Waals surface area (Å²) in [6.07, 6.45) is 8.49. The van der Waals surface area contributed by atoms with Gasteiger partial charge in [0.1, 0.15) is 0 Å². The molecule has 5 heterocycles. The first-order valence-electron chi connectivity index (χ1n) is 8.37. The zero-order valence-corrected chi connectivity index (χ0v) is 13.9. The third kappa shape index (κ3) is 2.68. The molecule has 4 aromatic heterocycles. The third-order valence-electron chi connectivity index (χ3n) is 4.50. The molecule has 0 fully saturated rings. The Kier molecular flexibility index (Phi) is 2.97. The summed E-state index contributed by atoms with van der Waals surface area (Å²) in [5, 5.41) is 4.35. The number of hydrogen-bond donors (Lipinski definition) is 4. The molecule has 0 aliphatic carbocycles. The van der Waals surface area contributed by atoms with E-state index >= 15 is 0 Å². The minimum absolute atomic E-state index is 1.07. The van der Waals surface area contributed by atoms with Gasteiger partial charge in [-0.15, -0.1) is 0 Å². The second-order valence-corrected chi connectivity index (χ2v) is 6.51. The zero-order valence-electron chi connectivity index (χ0n) is 13.9. The van der Waals surface area contributed by atoms with Crippen LogP contribution in [-0.4, -0.2) is 19.9 Å². The molecule has 1 aliphatic rings. The molecular formula is C21H18N4. The van der Waals surface area contributed by atoms with E-state index in [1.54, 1.807) is 0 Å². The van der Waals surface area contributed by atoms with Crippen LogP contribution in [0, 0.1) is 6.92 Å². The Morgan fingerprint density at radius 1 is 0.520 bits per heavy atom. The topological polar surface area (TPSA) is 63.2 Å². The van der Waals surface area contributed by atoms with E-state index in [9.17, 15) is 0 Å². The lowest BCUT2D eigenvalue weighted by Crippen LogP contribution is -2.11. The Labute approximate surface area is 143 Å². The van der Waals surface area contributed by atoms with Crippen molar-refractivity contribution in [2.45, 2.75) is 6.92 Å². The monoisotopic (exact) mass is 326 g/mol. The fourth-order valence-electron chi connectivity index (χ4n) is 3.28. The minimum atomic E-state index is 1.07. The van der Waals surface area contributed by atoms with E-state index in [1.165, 1.54) is 5.56 Å². The van der Waals surface area contributed by atoms with Crippen LogP contribution in [0.2, 0.25) is 0 Å². The smallest absolute Gasteiger partial charge is 0.0435 e. The highest BCUT2D eigenvalue weighted by molar-refractivity contribution is 5.55. The molecule has 0 unspecified atom stereocenters. The van der Waals surface area contributed by atoms with Crippen molar-refractivity contribution in [1.82, 2.24) is 19.9 Å². The van der Waals surface area contributed by atoms with Crippen molar-refractivity contribution in [3.8, 4) is 0 Å². The number of nitrogens with one attached hydrogen (secondary N) is 4. The normalized spacial score (nSPS) is 12.7. The summed E-state index contributed by atoms with van der Waals surface area (Å²) in [7, 11) is 0. The van der Waals surface area contributed by atoms with Gasteiger partial charge in [0, 0.05) is 44.2 Å². The Morgan fingerprint density at radius 3 is 1.64 bits per heavy atom. The highest BCUT2D eigenvalue weighted by atomic mass is 14.8. The summed E-state index contributed by atoms with van der Waals surface area (Å²) < 4.78 is 0. The average molecular weight is 326 g/mol. The lowest BCUT2D eigenvalue weighted by molar-refractivity contribution is 1.22. The van der Waals surface area contributed by atoms with Gasteiger partial charge in [-0.1, -0.05) is 0 Å². The molecule has 4 nitrogen and oxygen atoms in total. The Morgan fingerprint density at radius 2 is 1.04 bits per heavy atom. The van der Waals surface area contributed by atoms with E-state index in [0.29, 0.717) is 0 Å². The number of aromatic amines is 4. The molecule has 0 atom stereocenters. The van der Waals surface area contributed by atoms with Gasteiger partial charge in [-0.05, 0) is 79.3 Å². The van der Waals surface area contributed by atoms with Gasteiger partial charge in [0.05, 0.1) is 0 Å². The zero-order chi connectivity index (χ0) is 16.8. The molecule has 0 spiro atoms. The van der Waals surface area contributed by atoms with Crippen LogP contribution in [0.15, 0.2) is 42.5 Å². The van der Waals surface area contributed by atoms with Gasteiger partial charge >= 0.3 is 0 Å². The van der Waals surface area contributed by atoms with E-state index < -0.39 is 0 Å². The van der Waals surface area contributed by atoms with Crippen LogP contribution in [0.3, 0.4) is 0 Å². The molecule has 4 aromatic rings. The van der Waals surface area contributed by atoms with Crippen LogP contribution in [0.1, 0.15) is 28.3 Å². The molecule has 5 rings (SSSR count). The maximum Gasteiger partial charge on any atom is 0.0435 e. The summed E-state index contributed by atoms with van der Waals surface area (Å²) in [4.78, 5) is 13.8. The average Bonchev–Trinajstić information content (AvgIpc) is 3.33. The molecule has 8 bridgehead atoms. The second-order valence-electron chi connectivity index (χ2n) is 6.51. The van der Waals surface area contributed by atoms with Gasteiger partial charge in [0.25, 0.3) is 0 Å². The highest BCUT2D eigenvalue weighted by Gasteiger charge is 1.99. The number of rotatable bonds is 0. The Bertz CT molecular complexity index is 1300. The highest BCUT2D eigenvalue weighted by Crippen LogP contribution is 2.05. The van der Waals surface area contributed by atoms with E-state index in [0.717, 1.165) is 44.2 Å². The van der Waals surface area contributed by atoms with Gasteiger partial charge in [-0.2, -0.15) is 0 Å². The number of hydrogen-bond acceptors (Lipinski definition) is 0. The van der Waals surface area contributed by atoms with Crippen molar-refractivity contribution in [2.24, 2.45) is 0 Å². The van der Waals surface area contributed by atoms with E-state index in [-0.39, 0.29) is 0 Å². The first-order valence-corrected chi connectivity index (χ1v) is 8.37. The fraction of sp³-hybridized carbons (Fsp3) is 0.0476. The minimum Gasteiger partial charge on any atom is -0.355 e. The molecule has 0 saturated carbocycles. The molecule has 0 aromatic carbocycles. The van der Waals surface area contributed by atoms with Gasteiger partial charge in [0.15, 0.2) is 0 Å². The summed E-state index contributed by atoms with van der Waals surface area (Å²) in [5.41, 5.74) is 5.53. The lowest BCUT2D eigenvalue weighted by Gasteiger charge is -1.89. The van der Waals surface area contributed by atoms with E-state index in [2.05, 4.69) is 93.6 Å². The van der Waals surface area contributed by atoms with Gasteiger partial charge in [0.2, 0.25) is 0 Å². The van der Waals surface area contributed by atoms with Crippen molar-refractivity contribution in [3.05, 3.63) is 92.2 Å². The summed E-state index contributed by atoms with van der Waals surface area (Å²) in [6, 6.07) is 14.7.